The highest BCUT2D eigenvalue weighted by molar-refractivity contribution is 5.73. The number of likely N-dealkylation sites (N-methyl/N-ethyl adjacent to an activating group) is 1. The molecule has 0 aliphatic carbocycles. The highest BCUT2D eigenvalue weighted by Gasteiger charge is 2.54. The number of rotatable bonds is 8. The van der Waals surface area contributed by atoms with E-state index >= 15 is 0 Å². The molecule has 16 nitrogen and oxygen atoms in total. The Kier molecular flexibility index (Phi) is 17.9. The molecule has 62 heavy (non-hydrogen) atoms. The van der Waals surface area contributed by atoms with Crippen molar-refractivity contribution in [2.24, 2.45) is 17.8 Å². The van der Waals surface area contributed by atoms with Gasteiger partial charge in [0.2, 0.25) is 0 Å². The number of hydrogen-bond donors (Lipinski definition) is 4. The van der Waals surface area contributed by atoms with Crippen LogP contribution in [0.5, 0.6) is 0 Å². The van der Waals surface area contributed by atoms with E-state index in [4.69, 9.17) is 42.6 Å². The van der Waals surface area contributed by atoms with Crippen molar-refractivity contribution in [3.63, 3.8) is 0 Å². The number of nitrogens with zero attached hydrogens (tertiary/aromatic N) is 1. The number of aliphatic hydroxyl groups excluding tert-OH is 1. The Morgan fingerprint density at radius 3 is 2.29 bits per heavy atom. The van der Waals surface area contributed by atoms with Gasteiger partial charge in [0, 0.05) is 38.1 Å². The molecule has 5 aliphatic rings. The number of ether oxygens (including phenoxy) is 9. The van der Waals surface area contributed by atoms with Crippen LogP contribution < -0.4 is 10.6 Å². The summed E-state index contributed by atoms with van der Waals surface area (Å²) in [5.74, 6) is -2.44. The van der Waals surface area contributed by atoms with Gasteiger partial charge in [-0.1, -0.05) is 27.4 Å². The zero-order valence-electron chi connectivity index (χ0n) is 40.6. The Labute approximate surface area is 371 Å². The summed E-state index contributed by atoms with van der Waals surface area (Å²) in [7, 11) is 5.41. The van der Waals surface area contributed by atoms with E-state index in [-0.39, 0.29) is 43.7 Å². The molecule has 0 saturated carbocycles. The predicted molar refractivity (Wildman–Crippen MR) is 233 cm³/mol. The fraction of sp³-hybridized carbons (Fsp3) is 0.913. The van der Waals surface area contributed by atoms with E-state index in [1.807, 2.05) is 67.5 Å². The number of aliphatic hydroxyl groups is 2. The number of carbonyl (C=O) groups is 2. The minimum atomic E-state index is -1.60. The summed E-state index contributed by atoms with van der Waals surface area (Å²) in [6.07, 6.45) is -6.55. The van der Waals surface area contributed by atoms with Crippen molar-refractivity contribution in [1.82, 2.24) is 15.5 Å². The number of alkyl carbamates (subject to hydrolysis) is 1. The van der Waals surface area contributed by atoms with Crippen LogP contribution in [0.4, 0.5) is 4.79 Å². The molecule has 2 bridgehead atoms. The van der Waals surface area contributed by atoms with Crippen LogP contribution in [0.25, 0.3) is 0 Å². The lowest BCUT2D eigenvalue weighted by Gasteiger charge is -2.50. The maximum Gasteiger partial charge on any atom is 0.408 e. The van der Waals surface area contributed by atoms with Gasteiger partial charge in [-0.05, 0) is 114 Å². The molecule has 0 radical (unpaired) electrons. The number of hydrogen-bond acceptors (Lipinski definition) is 15. The van der Waals surface area contributed by atoms with Gasteiger partial charge in [-0.3, -0.25) is 4.79 Å². The molecule has 0 aromatic carbocycles. The number of carbonyl (C=O) groups excluding carboxylic acids is 2. The Balaban J connectivity index is 1.88. The largest absolute Gasteiger partial charge is 0.459 e. The number of nitrogens with one attached hydrogen (secondary N) is 2. The summed E-state index contributed by atoms with van der Waals surface area (Å²) < 4.78 is 58.6. The third kappa shape index (κ3) is 12.7. The molecule has 5 aliphatic heterocycles. The average molecular weight is 886 g/mol. The third-order valence-electron chi connectivity index (χ3n) is 13.5. The maximum absolute atomic E-state index is 14.7. The van der Waals surface area contributed by atoms with Crippen LogP contribution in [0, 0.1) is 17.8 Å². The van der Waals surface area contributed by atoms with Crippen molar-refractivity contribution >= 4 is 12.1 Å². The normalized spacial score (nSPS) is 44.6. The molecule has 18 atom stereocenters. The molecule has 5 fully saturated rings. The van der Waals surface area contributed by atoms with Crippen LogP contribution in [-0.2, 0) is 47.4 Å². The first-order valence-electron chi connectivity index (χ1n) is 22.8. The molecule has 4 N–H and O–H groups in total. The highest BCUT2D eigenvalue weighted by atomic mass is 16.7. The van der Waals surface area contributed by atoms with Gasteiger partial charge in [0.25, 0.3) is 0 Å². The van der Waals surface area contributed by atoms with E-state index < -0.39 is 102 Å². The van der Waals surface area contributed by atoms with Crippen LogP contribution >= 0.6 is 0 Å². The van der Waals surface area contributed by atoms with Crippen molar-refractivity contribution in [2.45, 2.75) is 212 Å². The summed E-state index contributed by atoms with van der Waals surface area (Å²) in [6, 6.07) is -1.03. The summed E-state index contributed by atoms with van der Waals surface area (Å²) in [4.78, 5) is 29.7. The van der Waals surface area contributed by atoms with Crippen molar-refractivity contribution in [3.05, 3.63) is 12.2 Å². The lowest BCUT2D eigenvalue weighted by Crippen LogP contribution is -2.64. The maximum atomic E-state index is 14.7. The lowest BCUT2D eigenvalue weighted by atomic mass is 9.78. The van der Waals surface area contributed by atoms with Crippen molar-refractivity contribution in [2.75, 3.05) is 41.0 Å². The first kappa shape index (κ1) is 52.7. The van der Waals surface area contributed by atoms with Crippen LogP contribution in [0.1, 0.15) is 116 Å². The first-order chi connectivity index (χ1) is 28.7. The van der Waals surface area contributed by atoms with Gasteiger partial charge in [-0.25, -0.2) is 4.79 Å². The monoisotopic (exact) mass is 886 g/mol. The van der Waals surface area contributed by atoms with Crippen LogP contribution in [0.3, 0.4) is 0 Å². The van der Waals surface area contributed by atoms with E-state index in [0.29, 0.717) is 31.4 Å². The SMILES string of the molecule is C=C1CO[C@@H]2[C@@H](C)CN[C@H](C)C[C@@](C)(OC1)[C@H](O[C@@H]1O[C@H](C)C[C@H](N(C)C)[C@H]1O)[C@@H](C)[C@H](O[C@H]1C[C@@](C)(OC)[C@H](NC(=O)OC(C)(C)C)[C@H](C)O1)[C@@H](C)C(=O)O[C@H](CC)[C@@]2(C)O. The molecular formula is C46H83N3O13. The highest BCUT2D eigenvalue weighted by Crippen LogP contribution is 2.41. The quantitative estimate of drug-likeness (QED) is 0.194. The van der Waals surface area contributed by atoms with Gasteiger partial charge in [-0.2, -0.15) is 0 Å². The van der Waals surface area contributed by atoms with E-state index in [0.717, 1.165) is 0 Å². The molecule has 360 valence electrons. The van der Waals surface area contributed by atoms with Gasteiger partial charge in [0.15, 0.2) is 12.6 Å². The summed E-state index contributed by atoms with van der Waals surface area (Å²) in [6.45, 7) is 29.3. The lowest BCUT2D eigenvalue weighted by molar-refractivity contribution is -0.314. The van der Waals surface area contributed by atoms with E-state index in [9.17, 15) is 19.8 Å². The summed E-state index contributed by atoms with van der Waals surface area (Å²) in [5.41, 5.74) is -3.79. The molecule has 0 aromatic rings. The second kappa shape index (κ2) is 21.1. The van der Waals surface area contributed by atoms with E-state index in [1.165, 1.54) is 0 Å². The average Bonchev–Trinajstić information content (AvgIpc) is 3.16. The van der Waals surface area contributed by atoms with Gasteiger partial charge < -0.3 is 68.4 Å². The number of esters is 1. The number of amides is 1. The molecule has 0 unspecified atom stereocenters. The zero-order valence-corrected chi connectivity index (χ0v) is 40.6. The van der Waals surface area contributed by atoms with Gasteiger partial charge in [0.1, 0.15) is 23.4 Å². The first-order valence-corrected chi connectivity index (χ1v) is 22.8. The second-order valence-corrected chi connectivity index (χ2v) is 20.6. The Bertz CT molecular complexity index is 1490. The molecule has 5 rings (SSSR count). The molecular weight excluding hydrogens is 803 g/mol. The topological polar surface area (TPSA) is 185 Å². The van der Waals surface area contributed by atoms with Gasteiger partial charge in [0.05, 0.1) is 66.9 Å². The summed E-state index contributed by atoms with van der Waals surface area (Å²) >= 11 is 0. The Hall–Kier alpha value is -1.96. The molecule has 16 heteroatoms. The smallest absolute Gasteiger partial charge is 0.408 e. The van der Waals surface area contributed by atoms with E-state index in [2.05, 4.69) is 24.1 Å². The van der Waals surface area contributed by atoms with Crippen molar-refractivity contribution in [3.8, 4) is 0 Å². The third-order valence-corrected chi connectivity index (χ3v) is 13.5. The van der Waals surface area contributed by atoms with Crippen molar-refractivity contribution in [1.29, 1.82) is 0 Å². The fourth-order valence-corrected chi connectivity index (χ4v) is 10.0. The van der Waals surface area contributed by atoms with Crippen molar-refractivity contribution < 1.29 is 62.4 Å². The Morgan fingerprint density at radius 2 is 1.69 bits per heavy atom. The van der Waals surface area contributed by atoms with Crippen LogP contribution in [0.2, 0.25) is 0 Å². The molecule has 1 amide bonds. The zero-order chi connectivity index (χ0) is 46.7. The number of fused-ring (bicyclic) bond motifs is 15. The van der Waals surface area contributed by atoms with Gasteiger partial charge >= 0.3 is 12.1 Å². The predicted octanol–water partition coefficient (Wildman–Crippen LogP) is 4.71. The van der Waals surface area contributed by atoms with E-state index in [1.54, 1.807) is 41.7 Å². The summed E-state index contributed by atoms with van der Waals surface area (Å²) in [5, 5.41) is 30.8. The molecule has 5 saturated heterocycles. The second-order valence-electron chi connectivity index (χ2n) is 20.6. The van der Waals surface area contributed by atoms with Crippen LogP contribution in [-0.4, -0.2) is 164 Å². The molecule has 0 spiro atoms. The minimum absolute atomic E-state index is 0.0934. The molecule has 0 aromatic heterocycles. The molecule has 5 heterocycles. The fourth-order valence-electron chi connectivity index (χ4n) is 10.0. The Morgan fingerprint density at radius 1 is 1.03 bits per heavy atom. The standard InChI is InChI=1S/C46H83N3O13/c1-18-33-46(14,53)38-26(3)22-47-27(4)20-45(13,56-24-25(2)23-55-38)39(61-41-35(50)32(49(15)16)19-28(5)57-41)29(6)36(30(7)40(51)59-33)60-34-21-44(12,54-17)37(31(8)58-34)48-42(52)62-43(9,10)11/h26-39,41,47,50,53H,2,18-24H2,1,3-17H3,(H,48,52)/t26-,27+,28+,29-,30+,31-,32-,33+,34-,35+,36-,37+,38+,39+,41-,44+,45+,46+/m0/s1. The van der Waals surface area contributed by atoms with Crippen LogP contribution in [0.15, 0.2) is 12.2 Å². The number of methoxy groups -OCH3 is 1. The van der Waals surface area contributed by atoms with Gasteiger partial charge in [-0.15, -0.1) is 0 Å². The minimum Gasteiger partial charge on any atom is -0.459 e.